The summed E-state index contributed by atoms with van der Waals surface area (Å²) in [5.74, 6) is 0.0660. The molecular weight excluding hydrogens is 417 g/mol. The van der Waals surface area contributed by atoms with E-state index in [0.29, 0.717) is 6.04 Å². The van der Waals surface area contributed by atoms with E-state index in [0.717, 1.165) is 26.4 Å². The monoisotopic (exact) mass is 435 g/mol. The minimum absolute atomic E-state index is 0.0660. The van der Waals surface area contributed by atoms with Crippen LogP contribution in [0.4, 0.5) is 0 Å². The average molecular weight is 436 g/mol. The van der Waals surface area contributed by atoms with Gasteiger partial charge >= 0.3 is 0 Å². The zero-order valence-corrected chi connectivity index (χ0v) is 14.7. The fourth-order valence-corrected chi connectivity index (χ4v) is 3.48. The van der Waals surface area contributed by atoms with E-state index in [1.165, 1.54) is 32.1 Å². The van der Waals surface area contributed by atoms with Crippen LogP contribution in [0.2, 0.25) is 0 Å². The minimum atomic E-state index is 0.0660. The quantitative estimate of drug-likeness (QED) is 0.658. The molecular formula is C15H19BrINO. The third-order valence-electron chi connectivity index (χ3n) is 3.61. The molecule has 2 nitrogen and oxygen atoms in total. The molecule has 1 fully saturated rings. The highest BCUT2D eigenvalue weighted by molar-refractivity contribution is 14.1. The summed E-state index contributed by atoms with van der Waals surface area (Å²) in [5.41, 5.74) is 0.775. The fraction of sp³-hybridized carbons (Fsp3) is 0.533. The van der Waals surface area contributed by atoms with E-state index in [-0.39, 0.29) is 5.91 Å². The molecule has 0 spiro atoms. The Morgan fingerprint density at radius 1 is 1.16 bits per heavy atom. The third-order valence-corrected chi connectivity index (χ3v) is 5.05. The van der Waals surface area contributed by atoms with Crippen molar-refractivity contribution in [3.63, 3.8) is 0 Å². The fourth-order valence-electron chi connectivity index (χ4n) is 2.54. The van der Waals surface area contributed by atoms with E-state index in [1.807, 2.05) is 18.2 Å². The van der Waals surface area contributed by atoms with Gasteiger partial charge in [0.2, 0.25) is 0 Å². The molecule has 1 aromatic carbocycles. The van der Waals surface area contributed by atoms with Gasteiger partial charge in [-0.2, -0.15) is 0 Å². The number of carbonyl (C=O) groups is 1. The molecule has 19 heavy (non-hydrogen) atoms. The largest absolute Gasteiger partial charge is 0.349 e. The zero-order valence-electron chi connectivity index (χ0n) is 10.9. The lowest BCUT2D eigenvalue weighted by Gasteiger charge is -2.21. The van der Waals surface area contributed by atoms with Crippen LogP contribution in [-0.2, 0) is 0 Å². The number of benzene rings is 1. The summed E-state index contributed by atoms with van der Waals surface area (Å²) < 4.78 is 1.96. The molecule has 0 aromatic heterocycles. The van der Waals surface area contributed by atoms with Gasteiger partial charge in [0.1, 0.15) is 0 Å². The first kappa shape index (κ1) is 15.3. The highest BCUT2D eigenvalue weighted by Crippen LogP contribution is 2.20. The van der Waals surface area contributed by atoms with Gasteiger partial charge < -0.3 is 5.32 Å². The van der Waals surface area contributed by atoms with Crippen molar-refractivity contribution in [3.05, 3.63) is 31.8 Å². The van der Waals surface area contributed by atoms with E-state index >= 15 is 0 Å². The lowest BCUT2D eigenvalue weighted by Crippen LogP contribution is -2.35. The standard InChI is InChI=1S/C15H19BrINO/c16-11-8-9-14(17)13(10-11)15(19)18-12-6-4-2-1-3-5-7-12/h8-10,12H,1-7H2,(H,18,19). The van der Waals surface area contributed by atoms with Crippen LogP contribution in [0.1, 0.15) is 55.3 Å². The molecule has 0 bridgehead atoms. The van der Waals surface area contributed by atoms with Crippen molar-refractivity contribution in [1.29, 1.82) is 0 Å². The summed E-state index contributed by atoms with van der Waals surface area (Å²) >= 11 is 5.65. The Bertz CT molecular complexity index is 442. The van der Waals surface area contributed by atoms with Crippen LogP contribution in [0.5, 0.6) is 0 Å². The van der Waals surface area contributed by atoms with Crippen LogP contribution in [0.3, 0.4) is 0 Å². The third kappa shape index (κ3) is 4.74. The van der Waals surface area contributed by atoms with E-state index in [4.69, 9.17) is 0 Å². The molecule has 1 aliphatic rings. The smallest absolute Gasteiger partial charge is 0.252 e. The van der Waals surface area contributed by atoms with E-state index < -0.39 is 0 Å². The highest BCUT2D eigenvalue weighted by Gasteiger charge is 2.16. The molecule has 0 atom stereocenters. The molecule has 0 heterocycles. The highest BCUT2D eigenvalue weighted by atomic mass is 127. The van der Waals surface area contributed by atoms with E-state index in [9.17, 15) is 4.79 Å². The molecule has 0 saturated heterocycles. The number of halogens is 2. The number of hydrogen-bond acceptors (Lipinski definition) is 1. The van der Waals surface area contributed by atoms with Gasteiger partial charge in [-0.1, -0.05) is 48.0 Å². The summed E-state index contributed by atoms with van der Waals surface area (Å²) in [5, 5.41) is 3.21. The molecule has 1 aromatic rings. The van der Waals surface area contributed by atoms with Gasteiger partial charge in [-0.3, -0.25) is 4.79 Å². The lowest BCUT2D eigenvalue weighted by molar-refractivity contribution is 0.0929. The van der Waals surface area contributed by atoms with Crippen LogP contribution in [0.15, 0.2) is 22.7 Å². The molecule has 0 unspecified atom stereocenters. The van der Waals surface area contributed by atoms with Crippen molar-refractivity contribution in [2.24, 2.45) is 0 Å². The second-order valence-corrected chi connectivity index (χ2v) is 7.22. The summed E-state index contributed by atoms with van der Waals surface area (Å²) in [4.78, 5) is 12.3. The lowest BCUT2D eigenvalue weighted by atomic mass is 9.96. The van der Waals surface area contributed by atoms with Crippen molar-refractivity contribution in [2.75, 3.05) is 0 Å². The topological polar surface area (TPSA) is 29.1 Å². The summed E-state index contributed by atoms with van der Waals surface area (Å²) in [6.07, 6.45) is 8.68. The Morgan fingerprint density at radius 2 is 1.79 bits per heavy atom. The number of amides is 1. The van der Waals surface area contributed by atoms with Gasteiger partial charge in [-0.25, -0.2) is 0 Å². The second kappa shape index (κ2) is 7.62. The molecule has 1 amide bonds. The Labute approximate surface area is 137 Å². The summed E-state index contributed by atoms with van der Waals surface area (Å²) in [7, 11) is 0. The van der Waals surface area contributed by atoms with Gasteiger partial charge in [0, 0.05) is 14.1 Å². The maximum Gasteiger partial charge on any atom is 0.252 e. The maximum atomic E-state index is 12.3. The second-order valence-electron chi connectivity index (χ2n) is 5.14. The van der Waals surface area contributed by atoms with Gasteiger partial charge in [-0.05, 0) is 53.6 Å². The maximum absolute atomic E-state index is 12.3. The van der Waals surface area contributed by atoms with Crippen molar-refractivity contribution < 1.29 is 4.79 Å². The molecule has 0 radical (unpaired) electrons. The Balaban J connectivity index is 2.00. The van der Waals surface area contributed by atoms with Gasteiger partial charge in [-0.15, -0.1) is 0 Å². The van der Waals surface area contributed by atoms with Crippen molar-refractivity contribution in [1.82, 2.24) is 5.32 Å². The number of carbonyl (C=O) groups excluding carboxylic acids is 1. The van der Waals surface area contributed by atoms with Gasteiger partial charge in [0.05, 0.1) is 5.56 Å². The Hall–Kier alpha value is -0.100. The van der Waals surface area contributed by atoms with Crippen molar-refractivity contribution >= 4 is 44.4 Å². The van der Waals surface area contributed by atoms with Crippen LogP contribution in [0, 0.1) is 3.57 Å². The molecule has 1 aliphatic carbocycles. The molecule has 0 aliphatic heterocycles. The van der Waals surface area contributed by atoms with Crippen molar-refractivity contribution in [3.8, 4) is 0 Å². The molecule has 1 N–H and O–H groups in total. The number of nitrogens with one attached hydrogen (secondary N) is 1. The first-order chi connectivity index (χ1) is 9.16. The van der Waals surface area contributed by atoms with Crippen LogP contribution in [0.25, 0.3) is 0 Å². The Morgan fingerprint density at radius 3 is 2.47 bits per heavy atom. The Kier molecular flexibility index (Phi) is 6.13. The molecule has 4 heteroatoms. The predicted octanol–water partition coefficient (Wildman–Crippen LogP) is 4.90. The van der Waals surface area contributed by atoms with E-state index in [1.54, 1.807) is 0 Å². The first-order valence-electron chi connectivity index (χ1n) is 6.93. The average Bonchev–Trinajstić information content (AvgIpc) is 2.35. The SMILES string of the molecule is O=C(NC1CCCCCCC1)c1cc(Br)ccc1I. The first-order valence-corrected chi connectivity index (χ1v) is 8.80. The van der Waals surface area contributed by atoms with Crippen molar-refractivity contribution in [2.45, 2.75) is 51.0 Å². The summed E-state index contributed by atoms with van der Waals surface area (Å²) in [6, 6.07) is 6.19. The van der Waals surface area contributed by atoms with Gasteiger partial charge in [0.25, 0.3) is 5.91 Å². The van der Waals surface area contributed by atoms with Gasteiger partial charge in [0.15, 0.2) is 0 Å². The zero-order chi connectivity index (χ0) is 13.7. The summed E-state index contributed by atoms with van der Waals surface area (Å²) in [6.45, 7) is 0. The van der Waals surface area contributed by atoms with Crippen LogP contribution in [-0.4, -0.2) is 11.9 Å². The molecule has 104 valence electrons. The molecule has 2 rings (SSSR count). The number of rotatable bonds is 2. The normalized spacial score (nSPS) is 17.6. The predicted molar refractivity (Wildman–Crippen MR) is 90.4 cm³/mol. The van der Waals surface area contributed by atoms with Crippen LogP contribution < -0.4 is 5.32 Å². The molecule has 1 saturated carbocycles. The van der Waals surface area contributed by atoms with Crippen LogP contribution >= 0.6 is 38.5 Å². The van der Waals surface area contributed by atoms with E-state index in [2.05, 4.69) is 43.8 Å². The minimum Gasteiger partial charge on any atom is -0.349 e. The number of hydrogen-bond donors (Lipinski definition) is 1.